The van der Waals surface area contributed by atoms with Crippen molar-refractivity contribution >= 4 is 23.4 Å². The molecule has 0 radical (unpaired) electrons. The summed E-state index contributed by atoms with van der Waals surface area (Å²) in [4.78, 5) is 8.57. The van der Waals surface area contributed by atoms with E-state index < -0.39 is 0 Å². The minimum atomic E-state index is 0.649. The van der Waals surface area contributed by atoms with Gasteiger partial charge in [-0.1, -0.05) is 69.8 Å². The van der Waals surface area contributed by atoms with Crippen LogP contribution in [0, 0.1) is 0 Å². The summed E-state index contributed by atoms with van der Waals surface area (Å²) in [5.74, 6) is 1.48. The Bertz CT molecular complexity index is 1030. The molecule has 6 heteroatoms. The third kappa shape index (κ3) is 9.73. The van der Waals surface area contributed by atoms with Crippen LogP contribution in [-0.4, -0.2) is 25.8 Å². The van der Waals surface area contributed by atoms with Crippen molar-refractivity contribution in [2.24, 2.45) is 15.7 Å². The number of nitrogens with one attached hydrogen (secondary N) is 3. The highest BCUT2D eigenvalue weighted by Crippen LogP contribution is 2.19. The predicted molar refractivity (Wildman–Crippen MR) is 155 cm³/mol. The van der Waals surface area contributed by atoms with E-state index in [2.05, 4.69) is 93.7 Å². The molecule has 0 amide bonds. The zero-order valence-corrected chi connectivity index (χ0v) is 22.2. The van der Waals surface area contributed by atoms with Gasteiger partial charge in [-0.25, -0.2) is 9.98 Å². The fraction of sp³-hybridized carbons (Fsp3) is 0.310. The maximum Gasteiger partial charge on any atom is 0.177 e. The van der Waals surface area contributed by atoms with Crippen LogP contribution in [0.3, 0.4) is 0 Å². The van der Waals surface area contributed by atoms with E-state index >= 15 is 0 Å². The number of amidine groups is 2. The normalized spacial score (nSPS) is 14.5. The highest BCUT2D eigenvalue weighted by molar-refractivity contribution is 6.13. The molecule has 5 N–H and O–H groups in total. The fourth-order valence-corrected chi connectivity index (χ4v) is 3.38. The molecule has 35 heavy (non-hydrogen) atoms. The molecule has 0 aliphatic carbocycles. The Morgan fingerprint density at radius 1 is 1.03 bits per heavy atom. The lowest BCUT2D eigenvalue weighted by atomic mass is 10.1. The van der Waals surface area contributed by atoms with Crippen molar-refractivity contribution in [3.63, 3.8) is 0 Å². The summed E-state index contributed by atoms with van der Waals surface area (Å²) in [6.07, 6.45) is 8.66. The zero-order valence-electron chi connectivity index (χ0n) is 22.2. The van der Waals surface area contributed by atoms with Crippen molar-refractivity contribution in [3.05, 3.63) is 95.3 Å². The Balaban J connectivity index is 0.00000145. The molecule has 6 nitrogen and oxygen atoms in total. The summed E-state index contributed by atoms with van der Waals surface area (Å²) in [6, 6.07) is 15.3. The van der Waals surface area contributed by atoms with Gasteiger partial charge in [-0.05, 0) is 60.9 Å². The molecule has 188 valence electrons. The standard InChI is InChI=1S/C26H31N5.C2H6.CH5N/c1-5-20-10-12-21(13-11-20)17-28-18-22-14-15-24(27-4)23(16-22)8-7-9-25-26(29-6-2)31-19(3)30-25;2*1-2/h6-16,27-28H,2,5,17-18H2,1,3-4H3,(H,29,30,31);1-2H3;2H2,1H3/b8-7+,25-9-;;. The maximum absolute atomic E-state index is 4.50. The Hall–Kier alpha value is -3.48. The molecule has 1 heterocycles. The average molecular weight is 475 g/mol. The van der Waals surface area contributed by atoms with Gasteiger partial charge in [0.1, 0.15) is 5.84 Å². The molecule has 0 spiro atoms. The molecule has 1 aliphatic heterocycles. The van der Waals surface area contributed by atoms with Crippen LogP contribution in [0.25, 0.3) is 6.08 Å². The smallest absolute Gasteiger partial charge is 0.177 e. The number of hydrogen-bond donors (Lipinski definition) is 4. The highest BCUT2D eigenvalue weighted by atomic mass is 15.1. The van der Waals surface area contributed by atoms with Crippen molar-refractivity contribution in [1.82, 2.24) is 10.6 Å². The van der Waals surface area contributed by atoms with E-state index in [1.54, 1.807) is 0 Å². The van der Waals surface area contributed by atoms with Crippen LogP contribution >= 0.6 is 0 Å². The van der Waals surface area contributed by atoms with Crippen LogP contribution in [0.2, 0.25) is 0 Å². The van der Waals surface area contributed by atoms with Gasteiger partial charge in [-0.3, -0.25) is 0 Å². The Morgan fingerprint density at radius 2 is 1.66 bits per heavy atom. The molecule has 0 atom stereocenters. The molecule has 2 aromatic carbocycles. The third-order valence-corrected chi connectivity index (χ3v) is 5.06. The van der Waals surface area contributed by atoms with E-state index in [-0.39, 0.29) is 0 Å². The number of nitrogens with zero attached hydrogens (tertiary/aromatic N) is 2. The molecule has 3 rings (SSSR count). The lowest BCUT2D eigenvalue weighted by Gasteiger charge is -2.10. The van der Waals surface area contributed by atoms with Gasteiger partial charge in [0.2, 0.25) is 0 Å². The van der Waals surface area contributed by atoms with Gasteiger partial charge >= 0.3 is 0 Å². The van der Waals surface area contributed by atoms with Gasteiger partial charge < -0.3 is 21.7 Å². The quantitative estimate of drug-likeness (QED) is 0.379. The lowest BCUT2D eigenvalue weighted by molar-refractivity contribution is 0.693. The lowest BCUT2D eigenvalue weighted by Crippen LogP contribution is -2.14. The fourth-order valence-electron chi connectivity index (χ4n) is 3.38. The first kappa shape index (κ1) is 29.6. The monoisotopic (exact) mass is 474 g/mol. The molecule has 2 aromatic rings. The summed E-state index contributed by atoms with van der Waals surface area (Å²) in [7, 11) is 3.44. The van der Waals surface area contributed by atoms with Gasteiger partial charge in [-0.2, -0.15) is 0 Å². The number of nitrogens with two attached hydrogens (primary N) is 1. The Kier molecular flexibility index (Phi) is 14.4. The second kappa shape index (κ2) is 17.0. The van der Waals surface area contributed by atoms with Gasteiger partial charge in [0.05, 0.1) is 5.70 Å². The molecular formula is C29H42N6. The summed E-state index contributed by atoms with van der Waals surface area (Å²) < 4.78 is 0. The van der Waals surface area contributed by atoms with Gasteiger partial charge in [-0.15, -0.1) is 0 Å². The summed E-state index contributed by atoms with van der Waals surface area (Å²) >= 11 is 0. The Morgan fingerprint density at radius 3 is 2.29 bits per heavy atom. The van der Waals surface area contributed by atoms with Crippen molar-refractivity contribution in [2.45, 2.75) is 47.2 Å². The summed E-state index contributed by atoms with van der Waals surface area (Å²) in [5, 5.41) is 10.0. The topological polar surface area (TPSA) is 86.8 Å². The zero-order chi connectivity index (χ0) is 26.1. The predicted octanol–water partition coefficient (Wildman–Crippen LogP) is 5.64. The van der Waals surface area contributed by atoms with Crippen LogP contribution in [0.15, 0.2) is 83.1 Å². The van der Waals surface area contributed by atoms with Crippen molar-refractivity contribution < 1.29 is 0 Å². The molecule has 0 saturated heterocycles. The molecule has 0 unspecified atom stereocenters. The van der Waals surface area contributed by atoms with Crippen LogP contribution in [-0.2, 0) is 19.5 Å². The van der Waals surface area contributed by atoms with E-state index in [0.29, 0.717) is 5.84 Å². The number of rotatable bonds is 9. The average Bonchev–Trinajstić information content (AvgIpc) is 3.26. The third-order valence-electron chi connectivity index (χ3n) is 5.06. The summed E-state index contributed by atoms with van der Waals surface area (Å²) in [6.45, 7) is 13.4. The van der Waals surface area contributed by atoms with Crippen molar-refractivity contribution in [3.8, 4) is 0 Å². The number of aryl methyl sites for hydroxylation is 1. The van der Waals surface area contributed by atoms with E-state index in [0.717, 1.165) is 42.3 Å². The second-order valence-corrected chi connectivity index (χ2v) is 7.34. The number of aliphatic imine (C=N–C) groups is 2. The maximum atomic E-state index is 4.50. The van der Waals surface area contributed by atoms with E-state index in [1.807, 2.05) is 40.0 Å². The minimum Gasteiger partial charge on any atom is -0.388 e. The van der Waals surface area contributed by atoms with Crippen LogP contribution in [0.4, 0.5) is 5.69 Å². The number of hydrogen-bond acceptors (Lipinski definition) is 5. The molecule has 0 bridgehead atoms. The van der Waals surface area contributed by atoms with Crippen LogP contribution in [0.1, 0.15) is 49.9 Å². The largest absolute Gasteiger partial charge is 0.388 e. The van der Waals surface area contributed by atoms with Crippen molar-refractivity contribution in [2.75, 3.05) is 19.4 Å². The highest BCUT2D eigenvalue weighted by Gasteiger charge is 2.13. The first-order valence-electron chi connectivity index (χ1n) is 12.2. The molecule has 0 aromatic heterocycles. The van der Waals surface area contributed by atoms with Gasteiger partial charge in [0.25, 0.3) is 0 Å². The van der Waals surface area contributed by atoms with E-state index in [9.17, 15) is 0 Å². The first-order valence-corrected chi connectivity index (χ1v) is 12.2. The molecule has 0 fully saturated rings. The molecular weight excluding hydrogens is 432 g/mol. The Labute approximate surface area is 211 Å². The van der Waals surface area contributed by atoms with Gasteiger partial charge in [0, 0.05) is 32.0 Å². The summed E-state index contributed by atoms with van der Waals surface area (Å²) in [5.41, 5.74) is 11.5. The van der Waals surface area contributed by atoms with Crippen molar-refractivity contribution in [1.29, 1.82) is 0 Å². The van der Waals surface area contributed by atoms with E-state index in [1.165, 1.54) is 29.9 Å². The van der Waals surface area contributed by atoms with Crippen LogP contribution in [0.5, 0.6) is 0 Å². The molecule has 0 saturated carbocycles. The van der Waals surface area contributed by atoms with Gasteiger partial charge in [0.15, 0.2) is 5.84 Å². The first-order chi connectivity index (χ1) is 17.1. The van der Waals surface area contributed by atoms with Crippen LogP contribution < -0.4 is 21.7 Å². The number of anilines is 1. The second-order valence-electron chi connectivity index (χ2n) is 7.34. The minimum absolute atomic E-state index is 0.649. The molecule has 1 aliphatic rings. The number of allylic oxidation sites excluding steroid dienone is 2. The van der Waals surface area contributed by atoms with E-state index in [4.69, 9.17) is 0 Å². The SMILES string of the molecule is C=CN=C1N=C(C)N/C1=C\C=C\c1cc(CNCc2ccc(CC)cc2)ccc1NC.CC.CN. The number of benzene rings is 2.